The van der Waals surface area contributed by atoms with Gasteiger partial charge >= 0.3 is 0 Å². The second kappa shape index (κ2) is 13.9. The van der Waals surface area contributed by atoms with Crippen LogP contribution < -0.4 is 5.32 Å². The molecule has 3 rings (SSSR count). The number of ether oxygens (including phenoxy) is 2. The van der Waals surface area contributed by atoms with Crippen LogP contribution in [0.1, 0.15) is 45.4 Å². The van der Waals surface area contributed by atoms with Crippen LogP contribution in [0.25, 0.3) is 0 Å². The topological polar surface area (TPSA) is 69.6 Å². The molecule has 0 saturated carbocycles. The molecular formula is C23H43N5O3. The number of piperazine rings is 1. The van der Waals surface area contributed by atoms with Gasteiger partial charge in [-0.3, -0.25) is 14.7 Å². The molecule has 3 saturated heterocycles. The molecule has 0 aromatic rings. The zero-order valence-electron chi connectivity index (χ0n) is 19.5. The molecule has 3 fully saturated rings. The Balaban J connectivity index is 1.34. The maximum absolute atomic E-state index is 12.7. The maximum Gasteiger partial charge on any atom is 0.236 e. The molecule has 8 heteroatoms. The van der Waals surface area contributed by atoms with E-state index in [0.29, 0.717) is 18.4 Å². The standard InChI is InChI=1S/C23H43N5O3/c1-2-24-23(25-9-7-16-30-19-21-8-17-31-20-21)28-14-12-26(13-15-28)18-22(29)27-10-5-3-4-6-11-27/h21H,2-20H2,1H3,(H,24,25). The lowest BCUT2D eigenvalue weighted by molar-refractivity contribution is -0.132. The number of carbonyl (C=O) groups excluding carboxylic acids is 1. The second-order valence-corrected chi connectivity index (χ2v) is 8.95. The third-order valence-corrected chi connectivity index (χ3v) is 6.41. The molecule has 0 aromatic carbocycles. The van der Waals surface area contributed by atoms with E-state index in [2.05, 4.69) is 26.9 Å². The van der Waals surface area contributed by atoms with Crippen molar-refractivity contribution in [1.82, 2.24) is 20.0 Å². The van der Waals surface area contributed by atoms with Crippen LogP contribution in [0.3, 0.4) is 0 Å². The number of likely N-dealkylation sites (tertiary alicyclic amines) is 1. The summed E-state index contributed by atoms with van der Waals surface area (Å²) in [5, 5.41) is 3.43. The molecule has 1 N–H and O–H groups in total. The van der Waals surface area contributed by atoms with Crippen molar-refractivity contribution in [2.24, 2.45) is 10.9 Å². The van der Waals surface area contributed by atoms with Gasteiger partial charge in [0.2, 0.25) is 5.91 Å². The summed E-state index contributed by atoms with van der Waals surface area (Å²) in [6.07, 6.45) is 6.89. The van der Waals surface area contributed by atoms with Crippen molar-refractivity contribution in [2.75, 3.05) is 85.3 Å². The van der Waals surface area contributed by atoms with Crippen LogP contribution in [0.2, 0.25) is 0 Å². The zero-order chi connectivity index (χ0) is 21.7. The van der Waals surface area contributed by atoms with E-state index >= 15 is 0 Å². The molecule has 0 aromatic heterocycles. The molecule has 178 valence electrons. The summed E-state index contributed by atoms with van der Waals surface area (Å²) in [5.74, 6) is 1.87. The first-order chi connectivity index (χ1) is 15.3. The van der Waals surface area contributed by atoms with Gasteiger partial charge in [-0.05, 0) is 32.6 Å². The summed E-state index contributed by atoms with van der Waals surface area (Å²) in [6.45, 7) is 13.1. The van der Waals surface area contributed by atoms with E-state index in [1.807, 2.05) is 0 Å². The number of carbonyl (C=O) groups is 1. The number of aliphatic imine (C=N–C) groups is 1. The molecule has 0 bridgehead atoms. The Labute approximate surface area is 188 Å². The quantitative estimate of drug-likeness (QED) is 0.334. The van der Waals surface area contributed by atoms with Crippen molar-refractivity contribution in [1.29, 1.82) is 0 Å². The van der Waals surface area contributed by atoms with E-state index in [4.69, 9.17) is 14.5 Å². The SMILES string of the molecule is CCNC(=NCCCOCC1CCOC1)N1CCN(CC(=O)N2CCCCCC2)CC1. The van der Waals surface area contributed by atoms with Crippen LogP contribution in [0.5, 0.6) is 0 Å². The summed E-state index contributed by atoms with van der Waals surface area (Å²) >= 11 is 0. The molecule has 31 heavy (non-hydrogen) atoms. The van der Waals surface area contributed by atoms with Gasteiger partial charge in [0.1, 0.15) is 0 Å². The summed E-state index contributed by atoms with van der Waals surface area (Å²) in [5.41, 5.74) is 0. The smallest absolute Gasteiger partial charge is 0.236 e. The van der Waals surface area contributed by atoms with E-state index in [9.17, 15) is 4.79 Å². The van der Waals surface area contributed by atoms with E-state index in [1.165, 1.54) is 12.8 Å². The normalized spacial score (nSPS) is 23.8. The Bertz CT molecular complexity index is 537. The van der Waals surface area contributed by atoms with Crippen molar-refractivity contribution in [3.8, 4) is 0 Å². The van der Waals surface area contributed by atoms with Crippen LogP contribution in [0, 0.1) is 5.92 Å². The van der Waals surface area contributed by atoms with Crippen molar-refractivity contribution in [3.63, 3.8) is 0 Å². The van der Waals surface area contributed by atoms with Gasteiger partial charge in [-0.25, -0.2) is 0 Å². The van der Waals surface area contributed by atoms with Gasteiger partial charge in [0.25, 0.3) is 0 Å². The van der Waals surface area contributed by atoms with E-state index < -0.39 is 0 Å². The lowest BCUT2D eigenvalue weighted by atomic mass is 10.1. The lowest BCUT2D eigenvalue weighted by Gasteiger charge is -2.37. The molecule has 3 aliphatic heterocycles. The van der Waals surface area contributed by atoms with Gasteiger partial charge < -0.3 is 24.6 Å². The van der Waals surface area contributed by atoms with Gasteiger partial charge in [-0.1, -0.05) is 12.8 Å². The van der Waals surface area contributed by atoms with Crippen LogP contribution >= 0.6 is 0 Å². The molecule has 1 amide bonds. The summed E-state index contributed by atoms with van der Waals surface area (Å²) < 4.78 is 11.2. The van der Waals surface area contributed by atoms with Gasteiger partial charge in [0, 0.05) is 71.5 Å². The van der Waals surface area contributed by atoms with Crippen molar-refractivity contribution < 1.29 is 14.3 Å². The molecule has 3 aliphatic rings. The first-order valence-electron chi connectivity index (χ1n) is 12.4. The van der Waals surface area contributed by atoms with Crippen LogP contribution in [0.15, 0.2) is 4.99 Å². The maximum atomic E-state index is 12.7. The van der Waals surface area contributed by atoms with E-state index in [-0.39, 0.29) is 0 Å². The number of hydrogen-bond donors (Lipinski definition) is 1. The molecule has 0 radical (unpaired) electrons. The zero-order valence-corrected chi connectivity index (χ0v) is 19.5. The van der Waals surface area contributed by atoms with Crippen molar-refractivity contribution >= 4 is 11.9 Å². The molecule has 0 aliphatic carbocycles. The van der Waals surface area contributed by atoms with Gasteiger partial charge in [-0.2, -0.15) is 0 Å². The van der Waals surface area contributed by atoms with Crippen LogP contribution in [0.4, 0.5) is 0 Å². The summed E-state index contributed by atoms with van der Waals surface area (Å²) in [6, 6.07) is 0. The third kappa shape index (κ3) is 8.58. The Morgan fingerprint density at radius 1 is 1.06 bits per heavy atom. The first-order valence-corrected chi connectivity index (χ1v) is 12.4. The minimum atomic E-state index is 0.306. The highest BCUT2D eigenvalue weighted by Gasteiger charge is 2.23. The Kier molecular flexibility index (Phi) is 10.9. The largest absolute Gasteiger partial charge is 0.381 e. The Morgan fingerprint density at radius 2 is 1.84 bits per heavy atom. The van der Waals surface area contributed by atoms with E-state index in [0.717, 1.165) is 110 Å². The number of nitrogens with one attached hydrogen (secondary N) is 1. The average molecular weight is 438 g/mol. The minimum absolute atomic E-state index is 0.306. The predicted molar refractivity (Wildman–Crippen MR) is 123 cm³/mol. The average Bonchev–Trinajstić information content (AvgIpc) is 3.15. The van der Waals surface area contributed by atoms with Crippen LogP contribution in [-0.2, 0) is 14.3 Å². The van der Waals surface area contributed by atoms with Crippen LogP contribution in [-0.4, -0.2) is 112 Å². The monoisotopic (exact) mass is 437 g/mol. The number of nitrogens with zero attached hydrogens (tertiary/aromatic N) is 4. The van der Waals surface area contributed by atoms with Gasteiger partial charge in [0.05, 0.1) is 19.8 Å². The third-order valence-electron chi connectivity index (χ3n) is 6.41. The first kappa shape index (κ1) is 24.3. The lowest BCUT2D eigenvalue weighted by Crippen LogP contribution is -2.54. The summed E-state index contributed by atoms with van der Waals surface area (Å²) in [4.78, 5) is 24.2. The highest BCUT2D eigenvalue weighted by atomic mass is 16.5. The molecular weight excluding hydrogens is 394 g/mol. The Hall–Kier alpha value is -1.38. The van der Waals surface area contributed by atoms with Crippen molar-refractivity contribution in [3.05, 3.63) is 0 Å². The van der Waals surface area contributed by atoms with E-state index in [1.54, 1.807) is 0 Å². The fraction of sp³-hybridized carbons (Fsp3) is 0.913. The summed E-state index contributed by atoms with van der Waals surface area (Å²) in [7, 11) is 0. The minimum Gasteiger partial charge on any atom is -0.381 e. The highest BCUT2D eigenvalue weighted by molar-refractivity contribution is 5.80. The fourth-order valence-corrected chi connectivity index (χ4v) is 4.47. The molecule has 1 atom stereocenters. The molecule has 0 spiro atoms. The Morgan fingerprint density at radius 3 is 2.52 bits per heavy atom. The number of hydrogen-bond acceptors (Lipinski definition) is 5. The van der Waals surface area contributed by atoms with Crippen molar-refractivity contribution in [2.45, 2.75) is 45.4 Å². The van der Waals surface area contributed by atoms with Gasteiger partial charge in [-0.15, -0.1) is 0 Å². The second-order valence-electron chi connectivity index (χ2n) is 8.95. The highest BCUT2D eigenvalue weighted by Crippen LogP contribution is 2.13. The number of amides is 1. The fourth-order valence-electron chi connectivity index (χ4n) is 4.47. The molecule has 3 heterocycles. The molecule has 1 unspecified atom stereocenters. The predicted octanol–water partition coefficient (Wildman–Crippen LogP) is 1.42. The van der Waals surface area contributed by atoms with Gasteiger partial charge in [0.15, 0.2) is 5.96 Å². The number of guanidine groups is 1. The molecule has 8 nitrogen and oxygen atoms in total. The number of rotatable bonds is 9.